The minimum atomic E-state index is 0.812. The molecule has 1 aromatic rings. The van der Waals surface area contributed by atoms with Crippen LogP contribution in [0.1, 0.15) is 13.8 Å². The van der Waals surface area contributed by atoms with Gasteiger partial charge in [-0.25, -0.2) is 0 Å². The van der Waals surface area contributed by atoms with Crippen LogP contribution >= 0.6 is 0 Å². The van der Waals surface area contributed by atoms with E-state index < -0.39 is 0 Å². The van der Waals surface area contributed by atoms with E-state index in [0.717, 1.165) is 18.6 Å². The van der Waals surface area contributed by atoms with Gasteiger partial charge in [0, 0.05) is 38.2 Å². The molecule has 0 unspecified atom stereocenters. The number of hydrogen-bond donors (Lipinski definition) is 0. The minimum absolute atomic E-state index is 0.812. The fourth-order valence-electron chi connectivity index (χ4n) is 1.49. The summed E-state index contributed by atoms with van der Waals surface area (Å²) < 4.78 is 0. The molecule has 84 valence electrons. The van der Waals surface area contributed by atoms with Gasteiger partial charge in [-0.05, 0) is 12.1 Å². The summed E-state index contributed by atoms with van der Waals surface area (Å²) in [5, 5.41) is 0. The molecule has 0 fully saturated rings. The van der Waals surface area contributed by atoms with Crippen molar-refractivity contribution in [2.75, 3.05) is 25.0 Å². The largest absolute Gasteiger partial charge is 0.377 e. The number of rotatable bonds is 1. The molecule has 3 heteroatoms. The average molecular weight is 214 g/mol. The zero-order valence-electron chi connectivity index (χ0n) is 10.4. The lowest BCUT2D eigenvalue weighted by molar-refractivity contribution is 0.446. The quantitative estimate of drug-likeness (QED) is 0.657. The number of likely N-dealkylation sites (N-methyl/N-ethyl adjacent to an activating group) is 1. The highest BCUT2D eigenvalue weighted by atomic mass is 15.2. The van der Waals surface area contributed by atoms with E-state index in [4.69, 9.17) is 7.85 Å². The smallest absolute Gasteiger partial charge is 0.113 e. The zero-order chi connectivity index (χ0) is 12.0. The Kier molecular flexibility index (Phi) is 4.97. The molecule has 1 aliphatic rings. The molecule has 1 aromatic carbocycles. The second-order valence-electron chi connectivity index (χ2n) is 3.56. The molecule has 1 aliphatic heterocycles. The van der Waals surface area contributed by atoms with Crippen LogP contribution in [0.3, 0.4) is 0 Å². The second kappa shape index (κ2) is 6.26. The number of nitrogens with zero attached hydrogens (tertiary/aromatic N) is 2. The number of benzene rings is 1. The molecule has 2 radical (unpaired) electrons. The molecule has 1 heterocycles. The maximum absolute atomic E-state index is 5.63. The van der Waals surface area contributed by atoms with Crippen molar-refractivity contribution < 1.29 is 0 Å². The first-order valence-electron chi connectivity index (χ1n) is 5.76. The molecule has 0 saturated carbocycles. The molecular formula is C13H19BN2. The molecule has 0 aliphatic carbocycles. The molecule has 0 bridgehead atoms. The molecule has 0 N–H and O–H groups in total. The standard InChI is InChI=1S/C11H13BN2.C2H6/c1-13-6-8-14(9-7-13)11-4-2-10(12)3-5-11;1-2/h2-6,8H,7,9H2,1H3;1-2H3. The normalized spacial score (nSPS) is 14.4. The van der Waals surface area contributed by atoms with Gasteiger partial charge >= 0.3 is 0 Å². The van der Waals surface area contributed by atoms with Gasteiger partial charge in [0.05, 0.1) is 0 Å². The third-order valence-corrected chi connectivity index (χ3v) is 2.42. The van der Waals surface area contributed by atoms with E-state index in [1.807, 2.05) is 38.1 Å². The van der Waals surface area contributed by atoms with Gasteiger partial charge in [-0.1, -0.05) is 31.4 Å². The second-order valence-corrected chi connectivity index (χ2v) is 3.56. The van der Waals surface area contributed by atoms with Crippen molar-refractivity contribution in [2.45, 2.75) is 13.8 Å². The lowest BCUT2D eigenvalue weighted by Crippen LogP contribution is -2.32. The van der Waals surface area contributed by atoms with Crippen molar-refractivity contribution in [3.8, 4) is 0 Å². The highest BCUT2D eigenvalue weighted by Gasteiger charge is 2.07. The maximum atomic E-state index is 5.63. The monoisotopic (exact) mass is 214 g/mol. The molecule has 0 spiro atoms. The van der Waals surface area contributed by atoms with Crippen LogP contribution in [0.25, 0.3) is 0 Å². The van der Waals surface area contributed by atoms with Crippen molar-refractivity contribution in [2.24, 2.45) is 0 Å². The highest BCUT2D eigenvalue weighted by Crippen LogP contribution is 2.14. The van der Waals surface area contributed by atoms with Gasteiger partial charge < -0.3 is 9.80 Å². The van der Waals surface area contributed by atoms with E-state index in [1.54, 1.807) is 0 Å². The van der Waals surface area contributed by atoms with Gasteiger partial charge in [0.2, 0.25) is 0 Å². The third-order valence-electron chi connectivity index (χ3n) is 2.42. The Balaban J connectivity index is 0.000000606. The van der Waals surface area contributed by atoms with Crippen LogP contribution in [0, 0.1) is 0 Å². The predicted molar refractivity (Wildman–Crippen MR) is 72.3 cm³/mol. The van der Waals surface area contributed by atoms with E-state index in [-0.39, 0.29) is 0 Å². The summed E-state index contributed by atoms with van der Waals surface area (Å²) in [7, 11) is 7.71. The fourth-order valence-corrected chi connectivity index (χ4v) is 1.49. The first kappa shape index (κ1) is 12.7. The van der Waals surface area contributed by atoms with Crippen LogP contribution in [0.5, 0.6) is 0 Å². The van der Waals surface area contributed by atoms with Crippen LogP contribution in [0.15, 0.2) is 36.7 Å². The van der Waals surface area contributed by atoms with Crippen LogP contribution in [0.2, 0.25) is 0 Å². The van der Waals surface area contributed by atoms with E-state index in [9.17, 15) is 0 Å². The van der Waals surface area contributed by atoms with E-state index in [2.05, 4.69) is 29.2 Å². The van der Waals surface area contributed by atoms with Crippen molar-refractivity contribution in [3.05, 3.63) is 36.7 Å². The molecule has 2 nitrogen and oxygen atoms in total. The van der Waals surface area contributed by atoms with Gasteiger partial charge in [-0.3, -0.25) is 0 Å². The first-order chi connectivity index (χ1) is 7.75. The third kappa shape index (κ3) is 3.33. The molecular weight excluding hydrogens is 195 g/mol. The lowest BCUT2D eigenvalue weighted by atomic mass is 9.96. The van der Waals surface area contributed by atoms with Crippen molar-refractivity contribution in [3.63, 3.8) is 0 Å². The summed E-state index contributed by atoms with van der Waals surface area (Å²) in [6.45, 7) is 6.08. The Hall–Kier alpha value is -1.38. The summed E-state index contributed by atoms with van der Waals surface area (Å²) in [6.07, 6.45) is 4.18. The molecule has 16 heavy (non-hydrogen) atoms. The summed E-state index contributed by atoms with van der Waals surface area (Å²) in [4.78, 5) is 4.40. The number of anilines is 1. The van der Waals surface area contributed by atoms with Crippen LogP contribution in [-0.2, 0) is 0 Å². The Bertz CT molecular complexity index is 332. The SMILES string of the molecule is CC.[B]c1ccc(N2C=CN(C)CC2)cc1. The minimum Gasteiger partial charge on any atom is -0.377 e. The zero-order valence-corrected chi connectivity index (χ0v) is 10.4. The van der Waals surface area contributed by atoms with E-state index >= 15 is 0 Å². The van der Waals surface area contributed by atoms with Crippen LogP contribution in [-0.4, -0.2) is 32.9 Å². The topological polar surface area (TPSA) is 6.48 Å². The summed E-state index contributed by atoms with van der Waals surface area (Å²) >= 11 is 0. The molecule has 0 saturated heterocycles. The van der Waals surface area contributed by atoms with Gasteiger partial charge in [0.1, 0.15) is 7.85 Å². The van der Waals surface area contributed by atoms with Crippen LogP contribution in [0.4, 0.5) is 5.69 Å². The molecule has 2 rings (SSSR count). The van der Waals surface area contributed by atoms with Crippen molar-refractivity contribution >= 4 is 19.0 Å². The Morgan fingerprint density at radius 1 is 1.00 bits per heavy atom. The van der Waals surface area contributed by atoms with E-state index in [0.29, 0.717) is 0 Å². The predicted octanol–water partition coefficient (Wildman–Crippen LogP) is 1.73. The van der Waals surface area contributed by atoms with Gasteiger partial charge in [-0.15, -0.1) is 0 Å². The van der Waals surface area contributed by atoms with Crippen molar-refractivity contribution in [1.82, 2.24) is 4.90 Å². The molecule has 0 amide bonds. The number of hydrogen-bond acceptors (Lipinski definition) is 2. The maximum Gasteiger partial charge on any atom is 0.113 e. The Labute approximate surface area is 100.0 Å². The Morgan fingerprint density at radius 3 is 2.12 bits per heavy atom. The Morgan fingerprint density at radius 2 is 1.62 bits per heavy atom. The molecule has 0 atom stereocenters. The van der Waals surface area contributed by atoms with Gasteiger partial charge in [-0.2, -0.15) is 0 Å². The van der Waals surface area contributed by atoms with Crippen LogP contribution < -0.4 is 10.4 Å². The van der Waals surface area contributed by atoms with Gasteiger partial charge in [0.15, 0.2) is 0 Å². The highest BCUT2D eigenvalue weighted by molar-refractivity contribution is 6.32. The fraction of sp³-hybridized carbons (Fsp3) is 0.385. The van der Waals surface area contributed by atoms with Crippen molar-refractivity contribution in [1.29, 1.82) is 0 Å². The first-order valence-corrected chi connectivity index (χ1v) is 5.76. The summed E-state index contributed by atoms with van der Waals surface area (Å²) in [5.41, 5.74) is 2.01. The molecule has 0 aromatic heterocycles. The van der Waals surface area contributed by atoms with E-state index in [1.165, 1.54) is 5.69 Å². The lowest BCUT2D eigenvalue weighted by Gasteiger charge is -2.28. The van der Waals surface area contributed by atoms with Gasteiger partial charge in [0.25, 0.3) is 0 Å². The average Bonchev–Trinajstić information content (AvgIpc) is 2.34. The summed E-state index contributed by atoms with van der Waals surface area (Å²) in [5.74, 6) is 0. The summed E-state index contributed by atoms with van der Waals surface area (Å²) in [6, 6.07) is 7.96.